The molecule has 0 aliphatic carbocycles. The van der Waals surface area contributed by atoms with E-state index in [9.17, 15) is 4.79 Å². The topological polar surface area (TPSA) is 50.8 Å². The van der Waals surface area contributed by atoms with Gasteiger partial charge < -0.3 is 19.7 Å². The van der Waals surface area contributed by atoms with Crippen molar-refractivity contribution in [2.24, 2.45) is 5.92 Å². The van der Waals surface area contributed by atoms with Gasteiger partial charge in [-0.05, 0) is 56.6 Å². The van der Waals surface area contributed by atoms with Gasteiger partial charge in [-0.3, -0.25) is 4.79 Å². The van der Waals surface area contributed by atoms with Gasteiger partial charge in [-0.2, -0.15) is 0 Å². The Bertz CT molecular complexity index is 495. The first-order chi connectivity index (χ1) is 12.3. The molecule has 2 fully saturated rings. The Balaban J connectivity index is 1.23. The van der Waals surface area contributed by atoms with Gasteiger partial charge in [0.1, 0.15) is 0 Å². The Morgan fingerprint density at radius 2 is 2.24 bits per heavy atom. The average Bonchev–Trinajstić information content (AvgIpc) is 3.33. The van der Waals surface area contributed by atoms with Crippen molar-refractivity contribution < 1.29 is 14.3 Å². The van der Waals surface area contributed by atoms with Crippen LogP contribution in [-0.4, -0.2) is 62.9 Å². The molecule has 1 unspecified atom stereocenters. The van der Waals surface area contributed by atoms with Crippen molar-refractivity contribution in [1.82, 2.24) is 10.2 Å². The molecule has 0 saturated carbocycles. The molecule has 0 aromatic carbocycles. The molecule has 0 bridgehead atoms. The fourth-order valence-electron chi connectivity index (χ4n) is 3.51. The van der Waals surface area contributed by atoms with Gasteiger partial charge in [0, 0.05) is 30.5 Å². The van der Waals surface area contributed by atoms with Gasteiger partial charge in [-0.15, -0.1) is 11.3 Å². The highest BCUT2D eigenvalue weighted by Crippen LogP contribution is 2.17. The molecule has 1 aromatic heterocycles. The zero-order valence-corrected chi connectivity index (χ0v) is 15.8. The van der Waals surface area contributed by atoms with Crippen LogP contribution < -0.4 is 5.32 Å². The number of likely N-dealkylation sites (tertiary alicyclic amines) is 1. The third-order valence-corrected chi connectivity index (χ3v) is 6.02. The Morgan fingerprint density at radius 1 is 1.36 bits per heavy atom. The fourth-order valence-corrected chi connectivity index (χ4v) is 4.22. The van der Waals surface area contributed by atoms with Gasteiger partial charge in [-0.25, -0.2) is 0 Å². The summed E-state index contributed by atoms with van der Waals surface area (Å²) in [5, 5.41) is 5.18. The molecule has 1 aromatic rings. The lowest BCUT2D eigenvalue weighted by Crippen LogP contribution is -2.42. The number of carbonyl (C=O) groups is 1. The Labute approximate surface area is 154 Å². The molecule has 2 aliphatic rings. The Morgan fingerprint density at radius 3 is 2.96 bits per heavy atom. The quantitative estimate of drug-likeness (QED) is 0.682. The first kappa shape index (κ1) is 18.8. The molecule has 1 amide bonds. The monoisotopic (exact) mass is 366 g/mol. The molecule has 25 heavy (non-hydrogen) atoms. The number of nitrogens with zero attached hydrogens (tertiary/aromatic N) is 1. The first-order valence-electron chi connectivity index (χ1n) is 9.53. The Kier molecular flexibility index (Phi) is 7.73. The summed E-state index contributed by atoms with van der Waals surface area (Å²) >= 11 is 1.75. The molecule has 2 saturated heterocycles. The van der Waals surface area contributed by atoms with E-state index in [1.165, 1.54) is 4.88 Å². The molecule has 1 atom stereocenters. The predicted octanol–water partition coefficient (Wildman–Crippen LogP) is 2.31. The van der Waals surface area contributed by atoms with Crippen molar-refractivity contribution in [3.05, 3.63) is 22.4 Å². The van der Waals surface area contributed by atoms with Crippen LogP contribution in [0.1, 0.15) is 30.6 Å². The average molecular weight is 367 g/mol. The molecule has 140 valence electrons. The van der Waals surface area contributed by atoms with Crippen LogP contribution in [0.25, 0.3) is 0 Å². The highest BCUT2D eigenvalue weighted by Gasteiger charge is 2.24. The fraction of sp³-hybridized carbons (Fsp3) is 0.737. The molecule has 3 rings (SSSR count). The standard InChI is InChI=1S/C19H30N2O3S/c22-19(20-8-5-18-4-2-14-25-18)16-6-9-21(10-7-16)11-13-23-15-17-3-1-12-24-17/h2,4,14,16-17H,1,3,5-13,15H2,(H,20,22). The van der Waals surface area contributed by atoms with Crippen molar-refractivity contribution in [2.45, 2.75) is 38.2 Å². The van der Waals surface area contributed by atoms with E-state index < -0.39 is 0 Å². The van der Waals surface area contributed by atoms with Crippen LogP contribution in [0.3, 0.4) is 0 Å². The highest BCUT2D eigenvalue weighted by molar-refractivity contribution is 7.09. The molecule has 0 spiro atoms. The van der Waals surface area contributed by atoms with E-state index >= 15 is 0 Å². The second-order valence-corrected chi connectivity index (χ2v) is 7.98. The van der Waals surface area contributed by atoms with Crippen LogP contribution in [0.4, 0.5) is 0 Å². The smallest absolute Gasteiger partial charge is 0.223 e. The number of rotatable bonds is 9. The lowest BCUT2D eigenvalue weighted by molar-refractivity contribution is -0.126. The summed E-state index contributed by atoms with van der Waals surface area (Å²) in [7, 11) is 0. The number of hydrogen-bond donors (Lipinski definition) is 1. The summed E-state index contributed by atoms with van der Waals surface area (Å²) in [5.74, 6) is 0.401. The van der Waals surface area contributed by atoms with Gasteiger partial charge in [0.15, 0.2) is 0 Å². The maximum Gasteiger partial charge on any atom is 0.223 e. The number of piperidine rings is 1. The summed E-state index contributed by atoms with van der Waals surface area (Å²) < 4.78 is 11.3. The number of thiophene rings is 1. The summed E-state index contributed by atoms with van der Waals surface area (Å²) in [6.07, 6.45) is 5.45. The SMILES string of the molecule is O=C(NCCc1cccs1)C1CCN(CCOCC2CCCO2)CC1. The van der Waals surface area contributed by atoms with E-state index in [0.717, 1.165) is 78.1 Å². The zero-order valence-electron chi connectivity index (χ0n) is 15.0. The second kappa shape index (κ2) is 10.3. The van der Waals surface area contributed by atoms with E-state index in [1.807, 2.05) is 0 Å². The largest absolute Gasteiger partial charge is 0.377 e. The summed E-state index contributed by atoms with van der Waals surface area (Å²) in [5.41, 5.74) is 0. The van der Waals surface area contributed by atoms with Gasteiger partial charge in [-0.1, -0.05) is 6.07 Å². The molecule has 6 heteroatoms. The third-order valence-electron chi connectivity index (χ3n) is 5.09. The number of ether oxygens (including phenoxy) is 2. The predicted molar refractivity (Wildman–Crippen MR) is 100.0 cm³/mol. The van der Waals surface area contributed by atoms with Crippen LogP contribution in [0, 0.1) is 5.92 Å². The second-order valence-electron chi connectivity index (χ2n) is 6.95. The normalized spacial score (nSPS) is 22.3. The molecule has 0 radical (unpaired) electrons. The van der Waals surface area contributed by atoms with Crippen molar-refractivity contribution >= 4 is 17.2 Å². The summed E-state index contributed by atoms with van der Waals surface area (Å²) in [6, 6.07) is 4.18. The summed E-state index contributed by atoms with van der Waals surface area (Å²) in [6.45, 7) is 6.06. The maximum atomic E-state index is 12.3. The number of carbonyl (C=O) groups excluding carboxylic acids is 1. The minimum Gasteiger partial charge on any atom is -0.377 e. The van der Waals surface area contributed by atoms with E-state index in [2.05, 4.69) is 27.7 Å². The van der Waals surface area contributed by atoms with Crippen molar-refractivity contribution in [1.29, 1.82) is 0 Å². The molecule has 5 nitrogen and oxygen atoms in total. The lowest BCUT2D eigenvalue weighted by Gasteiger charge is -2.31. The van der Waals surface area contributed by atoms with Crippen LogP contribution in [0.15, 0.2) is 17.5 Å². The maximum absolute atomic E-state index is 12.3. The molecule has 3 heterocycles. The highest BCUT2D eigenvalue weighted by atomic mass is 32.1. The van der Waals surface area contributed by atoms with Crippen LogP contribution in [-0.2, 0) is 20.7 Å². The van der Waals surface area contributed by atoms with E-state index in [4.69, 9.17) is 9.47 Å². The molecule has 2 aliphatic heterocycles. The Hall–Kier alpha value is -0.950. The van der Waals surface area contributed by atoms with Crippen molar-refractivity contribution in [3.8, 4) is 0 Å². The molecular weight excluding hydrogens is 336 g/mol. The molecule has 1 N–H and O–H groups in total. The zero-order chi connectivity index (χ0) is 17.3. The van der Waals surface area contributed by atoms with Crippen LogP contribution >= 0.6 is 11.3 Å². The van der Waals surface area contributed by atoms with E-state index in [0.29, 0.717) is 6.10 Å². The minimum atomic E-state index is 0.174. The van der Waals surface area contributed by atoms with Gasteiger partial charge >= 0.3 is 0 Å². The van der Waals surface area contributed by atoms with E-state index in [1.54, 1.807) is 11.3 Å². The van der Waals surface area contributed by atoms with Crippen molar-refractivity contribution in [3.63, 3.8) is 0 Å². The number of amides is 1. The lowest BCUT2D eigenvalue weighted by atomic mass is 9.96. The van der Waals surface area contributed by atoms with Crippen molar-refractivity contribution in [2.75, 3.05) is 46.0 Å². The van der Waals surface area contributed by atoms with Crippen LogP contribution in [0.2, 0.25) is 0 Å². The van der Waals surface area contributed by atoms with Gasteiger partial charge in [0.05, 0.1) is 19.3 Å². The van der Waals surface area contributed by atoms with E-state index in [-0.39, 0.29) is 11.8 Å². The number of nitrogens with one attached hydrogen (secondary N) is 1. The minimum absolute atomic E-state index is 0.174. The van der Waals surface area contributed by atoms with Gasteiger partial charge in [0.25, 0.3) is 0 Å². The van der Waals surface area contributed by atoms with Gasteiger partial charge in [0.2, 0.25) is 5.91 Å². The third kappa shape index (κ3) is 6.37. The first-order valence-corrected chi connectivity index (χ1v) is 10.4. The summed E-state index contributed by atoms with van der Waals surface area (Å²) in [4.78, 5) is 16.0. The number of hydrogen-bond acceptors (Lipinski definition) is 5. The van der Waals surface area contributed by atoms with Crippen LogP contribution in [0.5, 0.6) is 0 Å². The molecular formula is C19H30N2O3S.